The largest absolute Gasteiger partial charge is 0.343 e. The number of carbonyl (C=O) groups excluding carboxylic acids is 1. The maximum absolute atomic E-state index is 12.5. The maximum atomic E-state index is 12.5. The standard InChI is InChI=1S/C18H26N2O/c19-14-18(9-4-10-18)13-17(21)20-11-7-16(8-12-20)15-5-2-1-3-6-15/h1-3,5-6,16H,4,7-14,19H2. The molecule has 1 saturated carbocycles. The lowest BCUT2D eigenvalue weighted by Gasteiger charge is -2.42. The second-order valence-corrected chi connectivity index (χ2v) is 6.80. The number of nitrogens with zero attached hydrogens (tertiary/aromatic N) is 1. The molecule has 0 unspecified atom stereocenters. The van der Waals surface area contributed by atoms with Gasteiger partial charge in [0, 0.05) is 19.5 Å². The van der Waals surface area contributed by atoms with E-state index in [1.54, 1.807) is 0 Å². The number of likely N-dealkylation sites (tertiary alicyclic amines) is 1. The summed E-state index contributed by atoms with van der Waals surface area (Å²) in [6.07, 6.45) is 6.35. The van der Waals surface area contributed by atoms with Crippen molar-refractivity contribution < 1.29 is 4.79 Å². The SMILES string of the molecule is NCC1(CC(=O)N2CCC(c3ccccc3)CC2)CCC1. The van der Waals surface area contributed by atoms with E-state index < -0.39 is 0 Å². The lowest BCUT2D eigenvalue weighted by Crippen LogP contribution is -2.45. The summed E-state index contributed by atoms with van der Waals surface area (Å²) in [6.45, 7) is 2.47. The van der Waals surface area contributed by atoms with Gasteiger partial charge < -0.3 is 10.6 Å². The van der Waals surface area contributed by atoms with E-state index in [2.05, 4.69) is 35.2 Å². The van der Waals surface area contributed by atoms with E-state index in [1.165, 1.54) is 12.0 Å². The molecule has 1 saturated heterocycles. The maximum Gasteiger partial charge on any atom is 0.223 e. The van der Waals surface area contributed by atoms with Gasteiger partial charge in [0.1, 0.15) is 0 Å². The first-order valence-electron chi connectivity index (χ1n) is 8.25. The molecular weight excluding hydrogens is 260 g/mol. The highest BCUT2D eigenvalue weighted by Crippen LogP contribution is 2.43. The van der Waals surface area contributed by atoms with E-state index in [0.29, 0.717) is 24.8 Å². The molecule has 1 aliphatic carbocycles. The molecule has 1 aliphatic heterocycles. The Bertz CT molecular complexity index is 468. The van der Waals surface area contributed by atoms with Crippen molar-refractivity contribution in [1.82, 2.24) is 4.90 Å². The van der Waals surface area contributed by atoms with Crippen LogP contribution in [0.4, 0.5) is 0 Å². The summed E-state index contributed by atoms with van der Waals surface area (Å²) >= 11 is 0. The summed E-state index contributed by atoms with van der Waals surface area (Å²) in [6, 6.07) is 10.7. The van der Waals surface area contributed by atoms with Gasteiger partial charge in [-0.05, 0) is 49.1 Å². The zero-order valence-electron chi connectivity index (χ0n) is 12.8. The molecule has 2 aliphatic rings. The van der Waals surface area contributed by atoms with E-state index >= 15 is 0 Å². The fourth-order valence-corrected chi connectivity index (χ4v) is 3.75. The zero-order chi connectivity index (χ0) is 14.7. The number of amides is 1. The number of carbonyl (C=O) groups is 1. The first-order chi connectivity index (χ1) is 10.2. The summed E-state index contributed by atoms with van der Waals surface area (Å²) in [7, 11) is 0. The number of hydrogen-bond donors (Lipinski definition) is 1. The van der Waals surface area contributed by atoms with Gasteiger partial charge in [0.15, 0.2) is 0 Å². The van der Waals surface area contributed by atoms with Gasteiger partial charge in [-0.3, -0.25) is 4.79 Å². The third kappa shape index (κ3) is 3.13. The Labute approximate surface area is 127 Å². The van der Waals surface area contributed by atoms with Gasteiger partial charge in [-0.25, -0.2) is 0 Å². The molecule has 0 aromatic heterocycles. The van der Waals surface area contributed by atoms with Crippen molar-refractivity contribution in [2.24, 2.45) is 11.1 Å². The molecule has 1 amide bonds. The first-order valence-corrected chi connectivity index (χ1v) is 8.25. The van der Waals surface area contributed by atoms with Crippen molar-refractivity contribution in [3.8, 4) is 0 Å². The van der Waals surface area contributed by atoms with Crippen molar-refractivity contribution >= 4 is 5.91 Å². The highest BCUT2D eigenvalue weighted by Gasteiger charge is 2.39. The van der Waals surface area contributed by atoms with Crippen LogP contribution in [-0.4, -0.2) is 30.4 Å². The summed E-state index contributed by atoms with van der Waals surface area (Å²) in [4.78, 5) is 14.5. The molecule has 3 rings (SSSR count). The molecule has 3 nitrogen and oxygen atoms in total. The molecule has 2 N–H and O–H groups in total. The third-order valence-electron chi connectivity index (χ3n) is 5.49. The Hall–Kier alpha value is -1.35. The van der Waals surface area contributed by atoms with Crippen LogP contribution >= 0.6 is 0 Å². The summed E-state index contributed by atoms with van der Waals surface area (Å²) in [5, 5.41) is 0. The lowest BCUT2D eigenvalue weighted by atomic mass is 9.66. The fraction of sp³-hybridized carbons (Fsp3) is 0.611. The Morgan fingerprint density at radius 2 is 1.86 bits per heavy atom. The molecule has 3 heteroatoms. The van der Waals surface area contributed by atoms with Crippen LogP contribution < -0.4 is 5.73 Å². The molecule has 1 heterocycles. The monoisotopic (exact) mass is 286 g/mol. The van der Waals surface area contributed by atoms with Crippen molar-refractivity contribution in [3.05, 3.63) is 35.9 Å². The average molecular weight is 286 g/mol. The minimum absolute atomic E-state index is 0.132. The fourth-order valence-electron chi connectivity index (χ4n) is 3.75. The Morgan fingerprint density at radius 1 is 1.19 bits per heavy atom. The molecule has 21 heavy (non-hydrogen) atoms. The molecular formula is C18H26N2O. The Balaban J connectivity index is 1.52. The predicted molar refractivity (Wildman–Crippen MR) is 85.0 cm³/mol. The van der Waals surface area contributed by atoms with Crippen molar-refractivity contribution in [2.45, 2.75) is 44.4 Å². The van der Waals surface area contributed by atoms with Gasteiger partial charge in [0.2, 0.25) is 5.91 Å². The smallest absolute Gasteiger partial charge is 0.223 e. The third-order valence-corrected chi connectivity index (χ3v) is 5.49. The Morgan fingerprint density at radius 3 is 2.38 bits per heavy atom. The van der Waals surface area contributed by atoms with Crippen LogP contribution in [-0.2, 0) is 4.79 Å². The molecule has 0 bridgehead atoms. The quantitative estimate of drug-likeness (QED) is 0.925. The van der Waals surface area contributed by atoms with E-state index in [4.69, 9.17) is 5.73 Å². The molecule has 0 radical (unpaired) electrons. The molecule has 0 atom stereocenters. The second-order valence-electron chi connectivity index (χ2n) is 6.80. The number of piperidine rings is 1. The zero-order valence-corrected chi connectivity index (χ0v) is 12.8. The predicted octanol–water partition coefficient (Wildman–Crippen LogP) is 2.91. The number of benzene rings is 1. The van der Waals surface area contributed by atoms with Crippen LogP contribution in [0.1, 0.15) is 50.0 Å². The minimum atomic E-state index is 0.132. The topological polar surface area (TPSA) is 46.3 Å². The van der Waals surface area contributed by atoms with Crippen LogP contribution in [0.15, 0.2) is 30.3 Å². The van der Waals surface area contributed by atoms with Crippen LogP contribution in [0.3, 0.4) is 0 Å². The highest BCUT2D eigenvalue weighted by atomic mass is 16.2. The van der Waals surface area contributed by atoms with E-state index in [-0.39, 0.29) is 5.41 Å². The Kier molecular flexibility index (Phi) is 4.29. The van der Waals surface area contributed by atoms with Gasteiger partial charge in [-0.2, -0.15) is 0 Å². The lowest BCUT2D eigenvalue weighted by molar-refractivity contribution is -0.136. The first kappa shape index (κ1) is 14.6. The number of nitrogens with two attached hydrogens (primary N) is 1. The van der Waals surface area contributed by atoms with Crippen molar-refractivity contribution in [1.29, 1.82) is 0 Å². The van der Waals surface area contributed by atoms with Gasteiger partial charge in [-0.15, -0.1) is 0 Å². The molecule has 114 valence electrons. The van der Waals surface area contributed by atoms with Gasteiger partial charge in [0.05, 0.1) is 0 Å². The van der Waals surface area contributed by atoms with E-state index in [9.17, 15) is 4.79 Å². The normalized spacial score (nSPS) is 21.9. The van der Waals surface area contributed by atoms with Crippen LogP contribution in [0.5, 0.6) is 0 Å². The highest BCUT2D eigenvalue weighted by molar-refractivity contribution is 5.77. The summed E-state index contributed by atoms with van der Waals surface area (Å²) in [5.74, 6) is 0.939. The van der Waals surface area contributed by atoms with Crippen molar-refractivity contribution in [2.75, 3.05) is 19.6 Å². The van der Waals surface area contributed by atoms with Gasteiger partial charge >= 0.3 is 0 Å². The van der Waals surface area contributed by atoms with Gasteiger partial charge in [0.25, 0.3) is 0 Å². The molecule has 1 aromatic carbocycles. The second kappa shape index (κ2) is 6.18. The van der Waals surface area contributed by atoms with Crippen LogP contribution in [0, 0.1) is 5.41 Å². The molecule has 1 aromatic rings. The van der Waals surface area contributed by atoms with Crippen LogP contribution in [0.2, 0.25) is 0 Å². The van der Waals surface area contributed by atoms with Gasteiger partial charge in [-0.1, -0.05) is 36.8 Å². The molecule has 0 spiro atoms. The summed E-state index contributed by atoms with van der Waals surface area (Å²) < 4.78 is 0. The van der Waals surface area contributed by atoms with Crippen LogP contribution in [0.25, 0.3) is 0 Å². The minimum Gasteiger partial charge on any atom is -0.343 e. The van der Waals surface area contributed by atoms with E-state index in [1.807, 2.05) is 0 Å². The number of hydrogen-bond acceptors (Lipinski definition) is 2. The van der Waals surface area contributed by atoms with Crippen molar-refractivity contribution in [3.63, 3.8) is 0 Å². The average Bonchev–Trinajstić information content (AvgIpc) is 2.52. The number of rotatable bonds is 4. The summed E-state index contributed by atoms with van der Waals surface area (Å²) in [5.41, 5.74) is 7.42. The van der Waals surface area contributed by atoms with E-state index in [0.717, 1.165) is 38.8 Å². The molecule has 2 fully saturated rings.